The molecule has 10 aromatic rings. The first-order valence-corrected chi connectivity index (χ1v) is 23.4. The fourth-order valence-corrected chi connectivity index (χ4v) is 10.7. The molecule has 0 N–H and O–H groups in total. The number of para-hydroxylation sites is 2. The fourth-order valence-electron chi connectivity index (χ4n) is 10.7. The first kappa shape index (κ1) is 41.1. The Bertz CT molecular complexity index is 3590. The normalized spacial score (nSPS) is 15.1. The van der Waals surface area contributed by atoms with Crippen LogP contribution in [0.5, 0.6) is 0 Å². The monoisotopic (exact) mass is 880 g/mol. The number of rotatable bonds is 10. The summed E-state index contributed by atoms with van der Waals surface area (Å²) in [5.74, 6) is -0.503. The van der Waals surface area contributed by atoms with E-state index in [1.54, 1.807) is 12.1 Å². The van der Waals surface area contributed by atoms with Gasteiger partial charge in [0.05, 0.1) is 23.1 Å². The van der Waals surface area contributed by atoms with E-state index in [1.165, 1.54) is 0 Å². The smallest absolute Gasteiger partial charge is 0.148 e. The molecule has 326 valence electrons. The molecule has 10 aromatic carbocycles. The average Bonchev–Trinajstić information content (AvgIpc) is 3.41. The lowest BCUT2D eigenvalue weighted by molar-refractivity contribution is 0.610. The standard InChI is InChI=1S/C64H46F2N2/c65-57-41-49(43-19-7-1-8-20-43)39-55(45-23-11-3-12-24-45)63(57)67(51-27-15-5-16-28-51)59-37-33-47-32-36-54-60(38-34-48-31-35-53(59)61(47)62(48)54)68(52-29-17-6-18-30-52)64-56(46-25-13-4-14-26-46)40-50(42-58(64)66)44-21-9-2-10-22-44/h1-21,23-37,39-42,44,60H,22,38H2. The second-order valence-corrected chi connectivity index (χ2v) is 17.8. The molecule has 2 nitrogen and oxygen atoms in total. The molecular formula is C64H46F2N2. The lowest BCUT2D eigenvalue weighted by atomic mass is 9.84. The molecular weight excluding hydrogens is 835 g/mol. The fraction of sp³-hybridized carbons (Fsp3) is 0.0625. The summed E-state index contributed by atoms with van der Waals surface area (Å²) < 4.78 is 35.3. The molecule has 0 heterocycles. The van der Waals surface area contributed by atoms with E-state index >= 15 is 8.78 Å². The average molecular weight is 881 g/mol. The van der Waals surface area contributed by atoms with E-state index < -0.39 is 0 Å². The Balaban J connectivity index is 1.08. The Labute approximate surface area is 395 Å². The highest BCUT2D eigenvalue weighted by Gasteiger charge is 2.32. The number of nitrogens with zero attached hydrogens (tertiary/aromatic N) is 2. The van der Waals surface area contributed by atoms with Gasteiger partial charge in [0, 0.05) is 33.8 Å². The van der Waals surface area contributed by atoms with Crippen molar-refractivity contribution in [1.29, 1.82) is 0 Å². The minimum Gasteiger partial charge on any atom is -0.331 e. The molecule has 0 bridgehead atoms. The van der Waals surface area contributed by atoms with E-state index in [4.69, 9.17) is 0 Å². The second-order valence-electron chi connectivity index (χ2n) is 17.8. The zero-order valence-electron chi connectivity index (χ0n) is 37.3. The second kappa shape index (κ2) is 17.5. The lowest BCUT2D eigenvalue weighted by Gasteiger charge is -2.38. The van der Waals surface area contributed by atoms with E-state index in [0.29, 0.717) is 17.8 Å². The van der Waals surface area contributed by atoms with Gasteiger partial charge < -0.3 is 9.80 Å². The summed E-state index contributed by atoms with van der Waals surface area (Å²) in [5.41, 5.74) is 11.0. The highest BCUT2D eigenvalue weighted by atomic mass is 19.1. The predicted molar refractivity (Wildman–Crippen MR) is 280 cm³/mol. The van der Waals surface area contributed by atoms with E-state index in [2.05, 4.69) is 125 Å². The van der Waals surface area contributed by atoms with Crippen molar-refractivity contribution in [2.45, 2.75) is 24.8 Å². The van der Waals surface area contributed by atoms with Gasteiger partial charge >= 0.3 is 0 Å². The maximum Gasteiger partial charge on any atom is 0.148 e. The van der Waals surface area contributed by atoms with Gasteiger partial charge in [-0.15, -0.1) is 0 Å². The third-order valence-electron chi connectivity index (χ3n) is 13.8. The highest BCUT2D eigenvalue weighted by molar-refractivity contribution is 6.17. The van der Waals surface area contributed by atoms with Gasteiger partial charge in [0.1, 0.15) is 11.6 Å². The van der Waals surface area contributed by atoms with Gasteiger partial charge in [0.25, 0.3) is 0 Å². The molecule has 2 aliphatic carbocycles. The first-order chi connectivity index (χ1) is 33.6. The summed E-state index contributed by atoms with van der Waals surface area (Å²) >= 11 is 0. The van der Waals surface area contributed by atoms with E-state index in [-0.39, 0.29) is 23.6 Å². The van der Waals surface area contributed by atoms with Crippen molar-refractivity contribution in [1.82, 2.24) is 0 Å². The summed E-state index contributed by atoms with van der Waals surface area (Å²) in [6.45, 7) is 0. The van der Waals surface area contributed by atoms with Crippen LogP contribution in [0.25, 0.3) is 61.0 Å². The van der Waals surface area contributed by atoms with Crippen molar-refractivity contribution in [2.24, 2.45) is 0 Å². The molecule has 0 saturated carbocycles. The lowest BCUT2D eigenvalue weighted by Crippen LogP contribution is -2.29. The number of hydrogen-bond acceptors (Lipinski definition) is 2. The number of allylic oxidation sites excluding steroid dienone is 4. The summed E-state index contributed by atoms with van der Waals surface area (Å²) in [6.07, 6.45) is 12.2. The minimum atomic E-state index is -0.325. The van der Waals surface area contributed by atoms with Crippen molar-refractivity contribution in [2.75, 3.05) is 9.80 Å². The van der Waals surface area contributed by atoms with Gasteiger partial charge in [-0.05, 0) is 122 Å². The molecule has 68 heavy (non-hydrogen) atoms. The van der Waals surface area contributed by atoms with Crippen LogP contribution in [-0.2, 0) is 0 Å². The van der Waals surface area contributed by atoms with Crippen LogP contribution < -0.4 is 15.0 Å². The number of anilines is 5. The third-order valence-corrected chi connectivity index (χ3v) is 13.8. The maximum absolute atomic E-state index is 17.6. The van der Waals surface area contributed by atoms with E-state index in [1.807, 2.05) is 115 Å². The Morgan fingerprint density at radius 2 is 1.06 bits per heavy atom. The van der Waals surface area contributed by atoms with Crippen LogP contribution in [0.15, 0.2) is 237 Å². The molecule has 0 spiro atoms. The van der Waals surface area contributed by atoms with Gasteiger partial charge in [-0.25, -0.2) is 8.78 Å². The minimum absolute atomic E-state index is 0.0789. The molecule has 0 aliphatic heterocycles. The van der Waals surface area contributed by atoms with E-state index in [0.717, 1.165) is 94.8 Å². The van der Waals surface area contributed by atoms with Gasteiger partial charge in [-0.2, -0.15) is 0 Å². The summed E-state index contributed by atoms with van der Waals surface area (Å²) in [4.78, 5) is 4.33. The molecule has 0 aromatic heterocycles. The van der Waals surface area contributed by atoms with Crippen LogP contribution in [0, 0.1) is 11.6 Å². The maximum atomic E-state index is 17.6. The van der Waals surface area contributed by atoms with Gasteiger partial charge in [-0.1, -0.05) is 188 Å². The molecule has 12 rings (SSSR count). The number of benzene rings is 10. The Morgan fingerprint density at radius 3 is 1.72 bits per heavy atom. The molecule has 0 amide bonds. The summed E-state index contributed by atoms with van der Waals surface area (Å²) in [7, 11) is 0. The van der Waals surface area contributed by atoms with Crippen molar-refractivity contribution < 1.29 is 8.78 Å². The van der Waals surface area contributed by atoms with Crippen LogP contribution in [0.2, 0.25) is 0 Å². The van der Waals surface area contributed by atoms with Gasteiger partial charge in [-0.3, -0.25) is 0 Å². The first-order valence-electron chi connectivity index (χ1n) is 23.4. The predicted octanol–water partition coefficient (Wildman–Crippen LogP) is 17.1. The van der Waals surface area contributed by atoms with Gasteiger partial charge in [0.2, 0.25) is 0 Å². The highest BCUT2D eigenvalue weighted by Crippen LogP contribution is 2.51. The van der Waals surface area contributed by atoms with Crippen molar-refractivity contribution >= 4 is 56.1 Å². The topological polar surface area (TPSA) is 6.48 Å². The van der Waals surface area contributed by atoms with Crippen molar-refractivity contribution in [3.63, 3.8) is 0 Å². The Morgan fingerprint density at radius 1 is 0.456 bits per heavy atom. The number of halogens is 2. The summed E-state index contributed by atoms with van der Waals surface area (Å²) in [6, 6.07) is 71.3. The van der Waals surface area contributed by atoms with E-state index in [9.17, 15) is 0 Å². The third kappa shape index (κ3) is 7.26. The number of hydrogen-bond donors (Lipinski definition) is 0. The molecule has 0 fully saturated rings. The zero-order valence-corrected chi connectivity index (χ0v) is 37.3. The molecule has 2 unspecified atom stereocenters. The van der Waals surface area contributed by atoms with Crippen LogP contribution in [0.1, 0.15) is 35.9 Å². The Hall–Kier alpha value is -8.34. The van der Waals surface area contributed by atoms with Crippen LogP contribution >= 0.6 is 0 Å². The largest absolute Gasteiger partial charge is 0.331 e. The quantitative estimate of drug-likeness (QED) is 0.135. The molecule has 0 saturated heterocycles. The molecule has 4 heteroatoms. The molecule has 0 radical (unpaired) electrons. The van der Waals surface area contributed by atoms with Crippen LogP contribution in [0.3, 0.4) is 0 Å². The van der Waals surface area contributed by atoms with Crippen LogP contribution in [-0.4, -0.2) is 0 Å². The summed E-state index contributed by atoms with van der Waals surface area (Å²) in [5, 5.41) is 5.41. The Kier molecular flexibility index (Phi) is 10.6. The van der Waals surface area contributed by atoms with Crippen molar-refractivity contribution in [3.05, 3.63) is 265 Å². The van der Waals surface area contributed by atoms with Gasteiger partial charge in [0.15, 0.2) is 0 Å². The zero-order chi connectivity index (χ0) is 45.6. The SMILES string of the molecule is Fc1cc(-c2ccccc2)cc(-c2ccccc2)c1N(c1ccccc1)c1ccc2ccc3c4c(ccc1c24)=CCC3N(c1ccccc1)c1c(F)cc(C2C=CC=CC2)cc1-c1ccccc1. The van der Waals surface area contributed by atoms with Crippen molar-refractivity contribution in [3.8, 4) is 33.4 Å². The molecule has 2 aliphatic rings. The van der Waals surface area contributed by atoms with Crippen LogP contribution in [0.4, 0.5) is 37.2 Å². The molecule has 2 atom stereocenters.